The lowest BCUT2D eigenvalue weighted by atomic mass is 9.99. The van der Waals surface area contributed by atoms with Crippen molar-refractivity contribution >= 4 is 41.2 Å². The SMILES string of the molecule is Clc1ccc(OCCC2CCCCN2C/C=C/c2ccccc2)cc1Cl.O=C(O)C(=O)O. The fourth-order valence-electron chi connectivity index (χ4n) is 3.40. The van der Waals surface area contributed by atoms with Gasteiger partial charge in [-0.15, -0.1) is 0 Å². The van der Waals surface area contributed by atoms with Crippen molar-refractivity contribution in [1.82, 2.24) is 4.90 Å². The van der Waals surface area contributed by atoms with Gasteiger partial charge in [0.15, 0.2) is 0 Å². The molecule has 2 aromatic rings. The standard InChI is InChI=1S/C22H25Cl2NO.C2H2O4/c23-21-12-11-20(17-22(21)24)26-16-13-19-10-4-5-14-25(19)15-6-9-18-7-2-1-3-8-18;3-1(4)2(5)6/h1-3,6-9,11-12,17,19H,4-5,10,13-16H2;(H,3,4)(H,5,6)/b9-6+;. The molecule has 2 aromatic carbocycles. The minimum absolute atomic E-state index is 0.537. The molecule has 8 heteroatoms. The summed E-state index contributed by atoms with van der Waals surface area (Å²) < 4.78 is 5.88. The van der Waals surface area contributed by atoms with Crippen LogP contribution < -0.4 is 4.74 Å². The molecule has 1 atom stereocenters. The Morgan fingerprint density at radius 3 is 2.41 bits per heavy atom. The molecule has 6 nitrogen and oxygen atoms in total. The maximum absolute atomic E-state index is 9.10. The number of likely N-dealkylation sites (tertiary alicyclic amines) is 1. The van der Waals surface area contributed by atoms with E-state index in [1.165, 1.54) is 24.8 Å². The summed E-state index contributed by atoms with van der Waals surface area (Å²) >= 11 is 12.0. The maximum atomic E-state index is 9.10. The van der Waals surface area contributed by atoms with Gasteiger partial charge in [-0.3, -0.25) is 4.90 Å². The first-order valence-electron chi connectivity index (χ1n) is 10.4. The van der Waals surface area contributed by atoms with Crippen molar-refractivity contribution < 1.29 is 24.5 Å². The van der Waals surface area contributed by atoms with Crippen LogP contribution in [-0.4, -0.2) is 52.8 Å². The van der Waals surface area contributed by atoms with E-state index in [0.29, 0.717) is 22.7 Å². The fourth-order valence-corrected chi connectivity index (χ4v) is 3.68. The summed E-state index contributed by atoms with van der Waals surface area (Å²) in [4.78, 5) is 20.8. The molecule has 1 fully saturated rings. The molecule has 1 heterocycles. The zero-order valence-corrected chi connectivity index (χ0v) is 19.1. The van der Waals surface area contributed by atoms with Gasteiger partial charge in [0.2, 0.25) is 0 Å². The molecule has 0 saturated carbocycles. The number of carboxylic acid groups (broad SMARTS) is 2. The number of nitrogens with zero attached hydrogens (tertiary/aromatic N) is 1. The second-order valence-corrected chi connectivity index (χ2v) is 8.10. The van der Waals surface area contributed by atoms with Crippen molar-refractivity contribution in [2.75, 3.05) is 19.7 Å². The third kappa shape index (κ3) is 9.30. The van der Waals surface area contributed by atoms with Gasteiger partial charge < -0.3 is 14.9 Å². The van der Waals surface area contributed by atoms with Crippen molar-refractivity contribution in [3.63, 3.8) is 0 Å². The van der Waals surface area contributed by atoms with E-state index in [9.17, 15) is 0 Å². The molecule has 1 aliphatic rings. The summed E-state index contributed by atoms with van der Waals surface area (Å²) in [6, 6.07) is 16.5. The molecular weight excluding hydrogens is 453 g/mol. The van der Waals surface area contributed by atoms with Gasteiger partial charge >= 0.3 is 11.9 Å². The highest BCUT2D eigenvalue weighted by atomic mass is 35.5. The molecule has 0 aromatic heterocycles. The van der Waals surface area contributed by atoms with Crippen molar-refractivity contribution in [2.45, 2.75) is 31.7 Å². The first-order chi connectivity index (χ1) is 15.4. The van der Waals surface area contributed by atoms with E-state index in [1.54, 1.807) is 12.1 Å². The lowest BCUT2D eigenvalue weighted by Gasteiger charge is -2.35. The highest BCUT2D eigenvalue weighted by Gasteiger charge is 2.21. The summed E-state index contributed by atoms with van der Waals surface area (Å²) in [5.74, 6) is -2.87. The number of halogens is 2. The van der Waals surface area contributed by atoms with Crippen LogP contribution in [0.25, 0.3) is 6.08 Å². The van der Waals surface area contributed by atoms with Gasteiger partial charge in [0.1, 0.15) is 5.75 Å². The predicted molar refractivity (Wildman–Crippen MR) is 127 cm³/mol. The molecule has 1 saturated heterocycles. The van der Waals surface area contributed by atoms with E-state index in [1.807, 2.05) is 12.1 Å². The number of carbonyl (C=O) groups is 2. The smallest absolute Gasteiger partial charge is 0.414 e. The average molecular weight is 480 g/mol. The number of ether oxygens (including phenoxy) is 1. The summed E-state index contributed by atoms with van der Waals surface area (Å²) in [5.41, 5.74) is 1.25. The highest BCUT2D eigenvalue weighted by molar-refractivity contribution is 6.42. The van der Waals surface area contributed by atoms with Crippen molar-refractivity contribution in [3.05, 3.63) is 70.2 Å². The van der Waals surface area contributed by atoms with Gasteiger partial charge in [-0.1, -0.05) is 72.1 Å². The van der Waals surface area contributed by atoms with Gasteiger partial charge in [-0.05, 0) is 43.5 Å². The fraction of sp³-hybridized carbons (Fsp3) is 0.333. The van der Waals surface area contributed by atoms with Crippen molar-refractivity contribution in [2.24, 2.45) is 0 Å². The molecule has 1 unspecified atom stereocenters. The number of rotatable bonds is 7. The Morgan fingerprint density at radius 2 is 1.75 bits per heavy atom. The zero-order valence-electron chi connectivity index (χ0n) is 17.6. The van der Waals surface area contributed by atoms with Crippen molar-refractivity contribution in [1.29, 1.82) is 0 Å². The van der Waals surface area contributed by atoms with Crippen LogP contribution in [0, 0.1) is 0 Å². The van der Waals surface area contributed by atoms with E-state index >= 15 is 0 Å². The van der Waals surface area contributed by atoms with Crippen LogP contribution >= 0.6 is 23.2 Å². The number of hydrogen-bond acceptors (Lipinski definition) is 4. The average Bonchev–Trinajstić information content (AvgIpc) is 2.78. The molecule has 0 aliphatic carbocycles. The molecule has 0 amide bonds. The molecule has 0 radical (unpaired) electrons. The minimum atomic E-state index is -1.82. The monoisotopic (exact) mass is 479 g/mol. The Hall–Kier alpha value is -2.54. The van der Waals surface area contributed by atoms with E-state index in [-0.39, 0.29) is 0 Å². The predicted octanol–water partition coefficient (Wildman–Crippen LogP) is 5.49. The number of hydrogen-bond donors (Lipinski definition) is 2. The normalized spacial score (nSPS) is 16.2. The summed E-state index contributed by atoms with van der Waals surface area (Å²) in [5, 5.41) is 15.9. The first kappa shape index (κ1) is 25.7. The topological polar surface area (TPSA) is 87.1 Å². The Bertz CT molecular complexity index is 893. The van der Waals surface area contributed by atoms with Crippen LogP contribution in [0.4, 0.5) is 0 Å². The van der Waals surface area contributed by atoms with E-state index in [2.05, 4.69) is 41.3 Å². The Labute approximate surface area is 198 Å². The first-order valence-corrected chi connectivity index (χ1v) is 11.1. The summed E-state index contributed by atoms with van der Waals surface area (Å²) in [6.45, 7) is 2.85. The molecule has 2 N–H and O–H groups in total. The quantitative estimate of drug-likeness (QED) is 0.510. The van der Waals surface area contributed by atoms with Crippen molar-refractivity contribution in [3.8, 4) is 5.75 Å². The largest absolute Gasteiger partial charge is 0.493 e. The van der Waals surface area contributed by atoms with Gasteiger partial charge in [-0.25, -0.2) is 9.59 Å². The summed E-state index contributed by atoms with van der Waals surface area (Å²) in [7, 11) is 0. The molecule has 32 heavy (non-hydrogen) atoms. The highest BCUT2D eigenvalue weighted by Crippen LogP contribution is 2.27. The number of carboxylic acids is 2. The van der Waals surface area contributed by atoms with Crippen LogP contribution in [0.3, 0.4) is 0 Å². The Morgan fingerprint density at radius 1 is 1.03 bits per heavy atom. The Kier molecular flexibility index (Phi) is 11.1. The molecule has 3 rings (SSSR count). The second-order valence-electron chi connectivity index (χ2n) is 7.28. The maximum Gasteiger partial charge on any atom is 0.414 e. The molecule has 0 spiro atoms. The third-order valence-electron chi connectivity index (χ3n) is 4.99. The van der Waals surface area contributed by atoms with Crippen LogP contribution in [0.5, 0.6) is 5.75 Å². The minimum Gasteiger partial charge on any atom is -0.493 e. The molecule has 0 bridgehead atoms. The second kappa shape index (κ2) is 13.8. The molecular formula is C24H27Cl2NO5. The third-order valence-corrected chi connectivity index (χ3v) is 5.73. The molecule has 1 aliphatic heterocycles. The van der Waals surface area contributed by atoms with Crippen LogP contribution in [0.2, 0.25) is 10.0 Å². The number of piperidine rings is 1. The van der Waals surface area contributed by atoms with Crippen LogP contribution in [-0.2, 0) is 9.59 Å². The number of aliphatic carboxylic acids is 2. The van der Waals surface area contributed by atoms with Crippen LogP contribution in [0.15, 0.2) is 54.6 Å². The Balaban J connectivity index is 0.000000534. The van der Waals surface area contributed by atoms with Gasteiger partial charge in [0.25, 0.3) is 0 Å². The zero-order chi connectivity index (χ0) is 23.3. The van der Waals surface area contributed by atoms with E-state index < -0.39 is 11.9 Å². The van der Waals surface area contributed by atoms with Gasteiger partial charge in [0.05, 0.1) is 16.7 Å². The lowest BCUT2D eigenvalue weighted by Crippen LogP contribution is -2.40. The van der Waals surface area contributed by atoms with E-state index in [0.717, 1.165) is 25.3 Å². The number of benzene rings is 2. The molecule has 172 valence electrons. The van der Waals surface area contributed by atoms with Gasteiger partial charge in [-0.2, -0.15) is 0 Å². The van der Waals surface area contributed by atoms with Gasteiger partial charge in [0, 0.05) is 18.7 Å². The van der Waals surface area contributed by atoms with E-state index in [4.69, 9.17) is 47.7 Å². The summed E-state index contributed by atoms with van der Waals surface area (Å²) in [6.07, 6.45) is 9.33. The lowest BCUT2D eigenvalue weighted by molar-refractivity contribution is -0.159. The van der Waals surface area contributed by atoms with Crippen LogP contribution in [0.1, 0.15) is 31.2 Å².